The first kappa shape index (κ1) is 16.4. The summed E-state index contributed by atoms with van der Waals surface area (Å²) >= 11 is 0. The average molecular weight is 334 g/mol. The van der Waals surface area contributed by atoms with Gasteiger partial charge in [0.25, 0.3) is 0 Å². The van der Waals surface area contributed by atoms with Crippen LogP contribution in [0.2, 0.25) is 0 Å². The number of aromatic nitrogens is 2. The zero-order chi connectivity index (χ0) is 17.6. The lowest BCUT2D eigenvalue weighted by atomic mass is 10.1. The number of nitrogens with one attached hydrogen (secondary N) is 2. The van der Waals surface area contributed by atoms with Gasteiger partial charge >= 0.3 is 6.03 Å². The molecular weight excluding hydrogens is 316 g/mol. The number of hydrogen-bond acceptors (Lipinski definition) is 4. The molecular formula is C19H18N4O2. The second-order valence-electron chi connectivity index (χ2n) is 5.49. The van der Waals surface area contributed by atoms with Crippen molar-refractivity contribution in [1.82, 2.24) is 10.2 Å². The number of aryl methyl sites for hydroxylation is 1. The molecule has 0 unspecified atom stereocenters. The Bertz CT molecular complexity index is 861. The quantitative estimate of drug-likeness (QED) is 0.753. The molecule has 0 fully saturated rings. The van der Waals surface area contributed by atoms with Crippen molar-refractivity contribution in [3.05, 3.63) is 66.2 Å². The van der Waals surface area contributed by atoms with E-state index in [1.165, 1.54) is 0 Å². The maximum Gasteiger partial charge on any atom is 0.323 e. The van der Waals surface area contributed by atoms with Crippen LogP contribution in [0.1, 0.15) is 5.56 Å². The number of rotatable bonds is 4. The van der Waals surface area contributed by atoms with Gasteiger partial charge in [-0.25, -0.2) is 4.79 Å². The van der Waals surface area contributed by atoms with E-state index in [2.05, 4.69) is 20.8 Å². The van der Waals surface area contributed by atoms with Crippen LogP contribution in [0.5, 0.6) is 5.88 Å². The van der Waals surface area contributed by atoms with Crippen molar-refractivity contribution in [3.63, 3.8) is 0 Å². The molecule has 0 aliphatic heterocycles. The van der Waals surface area contributed by atoms with E-state index in [-0.39, 0.29) is 6.03 Å². The normalized spacial score (nSPS) is 10.2. The Kier molecular flexibility index (Phi) is 4.89. The van der Waals surface area contributed by atoms with E-state index in [1.54, 1.807) is 13.2 Å². The minimum atomic E-state index is -0.289. The third-order valence-electron chi connectivity index (χ3n) is 3.56. The van der Waals surface area contributed by atoms with Gasteiger partial charge < -0.3 is 15.4 Å². The highest BCUT2D eigenvalue weighted by Crippen LogP contribution is 2.20. The second kappa shape index (κ2) is 7.44. The zero-order valence-corrected chi connectivity index (χ0v) is 14.0. The van der Waals surface area contributed by atoms with E-state index < -0.39 is 0 Å². The van der Waals surface area contributed by atoms with Crippen molar-refractivity contribution in [3.8, 4) is 17.1 Å². The zero-order valence-electron chi connectivity index (χ0n) is 14.0. The molecule has 0 spiro atoms. The summed E-state index contributed by atoms with van der Waals surface area (Å²) in [7, 11) is 1.55. The Morgan fingerprint density at radius 3 is 2.32 bits per heavy atom. The highest BCUT2D eigenvalue weighted by molar-refractivity contribution is 5.99. The van der Waals surface area contributed by atoms with Gasteiger partial charge in [0.1, 0.15) is 0 Å². The molecule has 0 aliphatic rings. The molecule has 6 nitrogen and oxygen atoms in total. The first-order valence-corrected chi connectivity index (χ1v) is 7.77. The number of carbonyl (C=O) groups excluding carboxylic acids is 1. The third kappa shape index (κ3) is 4.32. The monoisotopic (exact) mass is 334 g/mol. The van der Waals surface area contributed by atoms with Crippen LogP contribution in [0.4, 0.5) is 16.2 Å². The summed E-state index contributed by atoms with van der Waals surface area (Å²) in [6.07, 6.45) is 0. The summed E-state index contributed by atoms with van der Waals surface area (Å²) in [4.78, 5) is 12.1. The van der Waals surface area contributed by atoms with Gasteiger partial charge in [-0.05, 0) is 42.8 Å². The largest absolute Gasteiger partial charge is 0.480 e. The van der Waals surface area contributed by atoms with Gasteiger partial charge in [-0.2, -0.15) is 0 Å². The molecule has 0 bridgehead atoms. The van der Waals surface area contributed by atoms with Crippen LogP contribution >= 0.6 is 0 Å². The fraction of sp³-hybridized carbons (Fsp3) is 0.105. The number of methoxy groups -OCH3 is 1. The minimum Gasteiger partial charge on any atom is -0.480 e. The molecule has 2 N–H and O–H groups in total. The van der Waals surface area contributed by atoms with Gasteiger partial charge in [0.2, 0.25) is 5.88 Å². The van der Waals surface area contributed by atoms with E-state index in [0.717, 1.165) is 22.5 Å². The number of anilines is 2. The summed E-state index contributed by atoms with van der Waals surface area (Å²) in [5.74, 6) is 0.467. The van der Waals surface area contributed by atoms with Crippen molar-refractivity contribution < 1.29 is 9.53 Å². The third-order valence-corrected chi connectivity index (χ3v) is 3.56. The lowest BCUT2D eigenvalue weighted by Gasteiger charge is -2.09. The van der Waals surface area contributed by atoms with Crippen molar-refractivity contribution in [2.45, 2.75) is 6.92 Å². The number of amides is 2. The van der Waals surface area contributed by atoms with Crippen molar-refractivity contribution in [2.75, 3.05) is 17.7 Å². The Balaban J connectivity index is 1.64. The lowest BCUT2D eigenvalue weighted by Crippen LogP contribution is -2.19. The highest BCUT2D eigenvalue weighted by Gasteiger charge is 2.05. The highest BCUT2D eigenvalue weighted by atomic mass is 16.5. The molecule has 0 atom stereocenters. The smallest absolute Gasteiger partial charge is 0.323 e. The van der Waals surface area contributed by atoms with Crippen LogP contribution < -0.4 is 15.4 Å². The van der Waals surface area contributed by atoms with Gasteiger partial charge in [-0.1, -0.05) is 24.3 Å². The van der Waals surface area contributed by atoms with Crippen LogP contribution in [0.3, 0.4) is 0 Å². The number of hydrogen-bond donors (Lipinski definition) is 2. The van der Waals surface area contributed by atoms with Gasteiger partial charge in [0, 0.05) is 23.0 Å². The summed E-state index contributed by atoms with van der Waals surface area (Å²) in [5, 5.41) is 13.7. The van der Waals surface area contributed by atoms with Gasteiger partial charge in [0.05, 0.1) is 12.8 Å². The minimum absolute atomic E-state index is 0.289. The van der Waals surface area contributed by atoms with E-state index >= 15 is 0 Å². The lowest BCUT2D eigenvalue weighted by molar-refractivity contribution is 0.262. The van der Waals surface area contributed by atoms with Crippen molar-refractivity contribution >= 4 is 17.4 Å². The van der Waals surface area contributed by atoms with Crippen molar-refractivity contribution in [1.29, 1.82) is 0 Å². The van der Waals surface area contributed by atoms with Crippen LogP contribution in [0.25, 0.3) is 11.3 Å². The summed E-state index contributed by atoms with van der Waals surface area (Å²) in [5.41, 5.74) is 4.16. The number of benzene rings is 2. The molecule has 1 heterocycles. The molecule has 2 amide bonds. The number of nitrogens with zero attached hydrogens (tertiary/aromatic N) is 2. The molecule has 25 heavy (non-hydrogen) atoms. The van der Waals surface area contributed by atoms with Crippen molar-refractivity contribution in [2.24, 2.45) is 0 Å². The van der Waals surface area contributed by atoms with Crippen LogP contribution in [-0.4, -0.2) is 23.3 Å². The molecule has 2 aromatic carbocycles. The fourth-order valence-corrected chi connectivity index (χ4v) is 2.32. The summed E-state index contributed by atoms with van der Waals surface area (Å²) in [6.45, 7) is 1.98. The Morgan fingerprint density at radius 1 is 0.920 bits per heavy atom. The Labute approximate surface area is 145 Å². The molecule has 0 radical (unpaired) electrons. The molecule has 6 heteroatoms. The summed E-state index contributed by atoms with van der Waals surface area (Å²) in [6, 6.07) is 18.3. The van der Waals surface area contributed by atoms with E-state index in [0.29, 0.717) is 11.6 Å². The predicted molar refractivity (Wildman–Crippen MR) is 97.8 cm³/mol. The first-order chi connectivity index (χ1) is 12.1. The maximum absolute atomic E-state index is 12.1. The second-order valence-corrected chi connectivity index (χ2v) is 5.49. The van der Waals surface area contributed by atoms with Crippen LogP contribution in [-0.2, 0) is 0 Å². The topological polar surface area (TPSA) is 76.1 Å². The molecule has 0 aliphatic carbocycles. The van der Waals surface area contributed by atoms with E-state index in [1.807, 2.05) is 61.5 Å². The molecule has 1 aromatic heterocycles. The molecule has 3 aromatic rings. The molecule has 126 valence electrons. The van der Waals surface area contributed by atoms with E-state index in [9.17, 15) is 4.79 Å². The summed E-state index contributed by atoms with van der Waals surface area (Å²) < 4.78 is 5.00. The van der Waals surface area contributed by atoms with E-state index in [4.69, 9.17) is 4.74 Å². The SMILES string of the molecule is COc1ccc(-c2ccc(NC(=O)Nc3cccc(C)c3)cc2)nn1. The van der Waals surface area contributed by atoms with Crippen LogP contribution in [0, 0.1) is 6.92 Å². The molecule has 0 saturated carbocycles. The van der Waals surface area contributed by atoms with Gasteiger partial charge in [-0.15, -0.1) is 10.2 Å². The fourth-order valence-electron chi connectivity index (χ4n) is 2.32. The maximum atomic E-state index is 12.1. The van der Waals surface area contributed by atoms with Gasteiger partial charge in [-0.3, -0.25) is 0 Å². The molecule has 3 rings (SSSR count). The van der Waals surface area contributed by atoms with Gasteiger partial charge in [0.15, 0.2) is 0 Å². The Hall–Kier alpha value is -3.41. The Morgan fingerprint density at radius 2 is 1.68 bits per heavy atom. The average Bonchev–Trinajstić information content (AvgIpc) is 2.62. The first-order valence-electron chi connectivity index (χ1n) is 7.77. The predicted octanol–water partition coefficient (Wildman–Crippen LogP) is 4.10. The number of ether oxygens (including phenoxy) is 1. The number of urea groups is 1. The molecule has 0 saturated heterocycles. The number of carbonyl (C=O) groups is 1. The standard InChI is InChI=1S/C19H18N4O2/c1-13-4-3-5-16(12-13)21-19(24)20-15-8-6-14(7-9-15)17-10-11-18(25-2)23-22-17/h3-12H,1-2H3,(H2,20,21,24). The van der Waals surface area contributed by atoms with Crippen LogP contribution in [0.15, 0.2) is 60.7 Å².